The van der Waals surface area contributed by atoms with E-state index in [2.05, 4.69) is 11.3 Å². The van der Waals surface area contributed by atoms with Crippen molar-refractivity contribution in [2.75, 3.05) is 0 Å². The van der Waals surface area contributed by atoms with Gasteiger partial charge in [-0.05, 0) is 92.9 Å². The largest absolute Gasteiger partial charge is 0.744 e. The van der Waals surface area contributed by atoms with Crippen molar-refractivity contribution in [2.45, 2.75) is 35.9 Å². The minimum atomic E-state index is -5.30. The van der Waals surface area contributed by atoms with E-state index in [0.29, 0.717) is 17.7 Å². The molecule has 0 fully saturated rings. The quantitative estimate of drug-likeness (QED) is 0.0982. The minimum absolute atomic E-state index is 0.0291. The fraction of sp³-hybridized carbons (Fsp3) is 0.143. The SMILES string of the molecule is C=Cc1ccc2cc(OS(=O)(=O)c3c(I)cc(Oc4ccc(S(=O)(=O)[O-])c(OC(F)(F)F)c4)cc3C(C)C)ccc2c1. The molecule has 0 saturated carbocycles. The number of hydrogen-bond donors (Lipinski definition) is 0. The van der Waals surface area contributed by atoms with Gasteiger partial charge in [-0.25, -0.2) is 8.42 Å². The van der Waals surface area contributed by atoms with Gasteiger partial charge in [-0.3, -0.25) is 0 Å². The van der Waals surface area contributed by atoms with Crippen molar-refractivity contribution in [2.24, 2.45) is 0 Å². The molecule has 4 rings (SSSR count). The summed E-state index contributed by atoms with van der Waals surface area (Å²) in [6.07, 6.45) is -3.59. The molecule has 222 valence electrons. The number of fused-ring (bicyclic) bond motifs is 1. The van der Waals surface area contributed by atoms with Gasteiger partial charge in [0.25, 0.3) is 0 Å². The number of benzene rings is 4. The van der Waals surface area contributed by atoms with Crippen molar-refractivity contribution in [3.8, 4) is 23.0 Å². The molecule has 0 atom stereocenters. The Morgan fingerprint density at radius 3 is 2.14 bits per heavy atom. The monoisotopic (exact) mass is 733 g/mol. The van der Waals surface area contributed by atoms with Crippen molar-refractivity contribution in [1.82, 2.24) is 0 Å². The van der Waals surface area contributed by atoms with E-state index < -0.39 is 37.2 Å². The van der Waals surface area contributed by atoms with E-state index in [1.54, 1.807) is 54.6 Å². The van der Waals surface area contributed by atoms with Gasteiger partial charge in [0.1, 0.15) is 32.3 Å². The predicted octanol–water partition coefficient (Wildman–Crippen LogP) is 7.57. The highest BCUT2D eigenvalue weighted by molar-refractivity contribution is 14.1. The van der Waals surface area contributed by atoms with Crippen LogP contribution < -0.4 is 13.7 Å². The lowest BCUT2D eigenvalue weighted by Gasteiger charge is -2.19. The van der Waals surface area contributed by atoms with Crippen LogP contribution >= 0.6 is 22.6 Å². The van der Waals surface area contributed by atoms with Crippen LogP contribution in [0.25, 0.3) is 16.8 Å². The smallest absolute Gasteiger partial charge is 0.573 e. The van der Waals surface area contributed by atoms with E-state index in [9.17, 15) is 34.6 Å². The number of ether oxygens (including phenoxy) is 2. The van der Waals surface area contributed by atoms with E-state index in [0.717, 1.165) is 22.4 Å². The molecule has 0 saturated heterocycles. The molecule has 0 amide bonds. The molecule has 0 aliphatic carbocycles. The van der Waals surface area contributed by atoms with Crippen molar-refractivity contribution in [3.63, 3.8) is 0 Å². The summed E-state index contributed by atoms with van der Waals surface area (Å²) in [6.45, 7) is 7.19. The summed E-state index contributed by atoms with van der Waals surface area (Å²) < 4.78 is 115. The number of rotatable bonds is 9. The fourth-order valence-electron chi connectivity index (χ4n) is 4.03. The number of hydrogen-bond acceptors (Lipinski definition) is 8. The maximum absolute atomic E-state index is 13.5. The molecule has 14 heteroatoms. The van der Waals surface area contributed by atoms with E-state index in [4.69, 9.17) is 8.92 Å². The first-order chi connectivity index (χ1) is 19.5. The summed E-state index contributed by atoms with van der Waals surface area (Å²) >= 11 is 1.78. The van der Waals surface area contributed by atoms with E-state index >= 15 is 0 Å². The Bertz CT molecular complexity index is 1900. The Labute approximate surface area is 253 Å². The Morgan fingerprint density at radius 2 is 1.52 bits per heavy atom. The van der Waals surface area contributed by atoms with Crippen LogP contribution in [0.4, 0.5) is 13.2 Å². The third-order valence-electron chi connectivity index (χ3n) is 5.84. The zero-order valence-electron chi connectivity index (χ0n) is 21.8. The van der Waals surface area contributed by atoms with Crippen LogP contribution in [0.1, 0.15) is 30.9 Å². The summed E-state index contributed by atoms with van der Waals surface area (Å²) in [5, 5.41) is 1.61. The maximum Gasteiger partial charge on any atom is 0.573 e. The molecule has 0 heterocycles. The van der Waals surface area contributed by atoms with Crippen LogP contribution in [-0.2, 0) is 20.2 Å². The standard InChI is InChI=1S/C28H22F3IO8S2/c1-4-17-5-6-19-12-21(8-7-18(19)11-17)40-42(36,37)27-23(16(2)3)13-22(14-24(27)32)38-20-9-10-26(41(33,34)35)25(15-20)39-28(29,30)31/h4-16H,1H2,2-3H3,(H,33,34,35)/p-1. The van der Waals surface area contributed by atoms with Crippen LogP contribution in [0.3, 0.4) is 0 Å². The molecular formula is C28H21F3IO8S2-. The summed E-state index contributed by atoms with van der Waals surface area (Å²) in [7, 11) is -9.67. The maximum atomic E-state index is 13.5. The molecule has 8 nitrogen and oxygen atoms in total. The molecule has 4 aromatic carbocycles. The molecule has 4 aromatic rings. The Balaban J connectivity index is 1.70. The zero-order valence-corrected chi connectivity index (χ0v) is 25.6. The highest BCUT2D eigenvalue weighted by atomic mass is 127. The second-order valence-electron chi connectivity index (χ2n) is 9.20. The summed E-state index contributed by atoms with van der Waals surface area (Å²) in [5.41, 5.74) is 1.19. The third kappa shape index (κ3) is 7.35. The molecule has 0 unspecified atom stereocenters. The first kappa shape index (κ1) is 31.6. The van der Waals surface area contributed by atoms with Gasteiger partial charge in [0.15, 0.2) is 5.75 Å². The molecule has 0 radical (unpaired) electrons. The minimum Gasteiger partial charge on any atom is -0.744 e. The van der Waals surface area contributed by atoms with Crippen LogP contribution in [0.15, 0.2) is 83.1 Å². The Hall–Kier alpha value is -3.34. The highest BCUT2D eigenvalue weighted by Gasteiger charge is 2.33. The van der Waals surface area contributed by atoms with Gasteiger partial charge >= 0.3 is 16.5 Å². The lowest BCUT2D eigenvalue weighted by atomic mass is 10.0. The lowest BCUT2D eigenvalue weighted by Crippen LogP contribution is -2.19. The second kappa shape index (κ2) is 11.7. The third-order valence-corrected chi connectivity index (χ3v) is 9.30. The van der Waals surface area contributed by atoms with Crippen LogP contribution in [0.5, 0.6) is 23.0 Å². The van der Waals surface area contributed by atoms with Crippen molar-refractivity contribution in [1.29, 1.82) is 0 Å². The van der Waals surface area contributed by atoms with Gasteiger partial charge < -0.3 is 18.2 Å². The zero-order chi connectivity index (χ0) is 31.0. The van der Waals surface area contributed by atoms with Crippen LogP contribution in [-0.4, -0.2) is 27.8 Å². The number of alkyl halides is 3. The van der Waals surface area contributed by atoms with Crippen LogP contribution in [0.2, 0.25) is 0 Å². The molecule has 0 aromatic heterocycles. The topological polar surface area (TPSA) is 119 Å². The van der Waals surface area contributed by atoms with Gasteiger partial charge in [0, 0.05) is 9.64 Å². The molecule has 0 bridgehead atoms. The van der Waals surface area contributed by atoms with E-state index in [1.165, 1.54) is 18.2 Å². The van der Waals surface area contributed by atoms with Crippen molar-refractivity contribution < 1.29 is 48.2 Å². The van der Waals surface area contributed by atoms with Gasteiger partial charge in [0.2, 0.25) is 0 Å². The van der Waals surface area contributed by atoms with E-state index in [1.807, 2.05) is 18.2 Å². The average Bonchev–Trinajstić information content (AvgIpc) is 2.86. The summed E-state index contributed by atoms with van der Waals surface area (Å²) in [4.78, 5) is -1.35. The summed E-state index contributed by atoms with van der Waals surface area (Å²) in [5.74, 6) is -1.82. The molecular weight excluding hydrogens is 712 g/mol. The molecule has 0 aliphatic heterocycles. The number of halogens is 4. The highest BCUT2D eigenvalue weighted by Crippen LogP contribution is 2.38. The molecule has 42 heavy (non-hydrogen) atoms. The normalized spacial score (nSPS) is 12.4. The lowest BCUT2D eigenvalue weighted by molar-refractivity contribution is -0.275. The van der Waals surface area contributed by atoms with Gasteiger partial charge in [0.05, 0.1) is 4.90 Å². The van der Waals surface area contributed by atoms with Crippen LogP contribution in [0, 0.1) is 3.57 Å². The Morgan fingerprint density at radius 1 is 0.881 bits per heavy atom. The predicted molar refractivity (Wildman–Crippen MR) is 156 cm³/mol. The average molecular weight is 734 g/mol. The second-order valence-corrected chi connectivity index (χ2v) is 13.2. The summed E-state index contributed by atoms with van der Waals surface area (Å²) in [6, 6.07) is 15.3. The fourth-order valence-corrected chi connectivity index (χ4v) is 7.36. The first-order valence-electron chi connectivity index (χ1n) is 11.9. The van der Waals surface area contributed by atoms with Gasteiger partial charge in [-0.1, -0.05) is 44.7 Å². The molecule has 0 spiro atoms. The van der Waals surface area contributed by atoms with Gasteiger partial charge in [-0.15, -0.1) is 13.2 Å². The molecule has 0 N–H and O–H groups in total. The van der Waals surface area contributed by atoms with E-state index in [-0.39, 0.29) is 31.6 Å². The first-order valence-corrected chi connectivity index (χ1v) is 15.8. The van der Waals surface area contributed by atoms with Crippen molar-refractivity contribution in [3.05, 3.63) is 88.0 Å². The molecule has 0 aliphatic rings. The van der Waals surface area contributed by atoms with Crippen molar-refractivity contribution >= 4 is 59.7 Å². The Kier molecular flexibility index (Phi) is 8.83. The van der Waals surface area contributed by atoms with Gasteiger partial charge in [-0.2, -0.15) is 8.42 Å².